The second-order valence-electron chi connectivity index (χ2n) is 6.61. The number of fused-ring (bicyclic) bond motifs is 1. The van der Waals surface area contributed by atoms with E-state index in [0.29, 0.717) is 46.4 Å². The Morgan fingerprint density at radius 3 is 2.66 bits per heavy atom. The molecular formula is C21H21FN6O. The first-order valence-electron chi connectivity index (χ1n) is 9.18. The molecule has 0 saturated heterocycles. The van der Waals surface area contributed by atoms with Gasteiger partial charge in [-0.1, -0.05) is 30.3 Å². The molecule has 0 amide bonds. The minimum atomic E-state index is -0.456. The lowest BCUT2D eigenvalue weighted by Crippen LogP contribution is -2.09. The zero-order valence-electron chi connectivity index (χ0n) is 16.2. The SMILES string of the molecule is COc1ccc(-c2nc(NCCc3ccccc3)nc3nn(C)c(N)c23)c(F)c1. The fourth-order valence-electron chi connectivity index (χ4n) is 3.17. The maximum absolute atomic E-state index is 14.8. The van der Waals surface area contributed by atoms with Crippen LogP contribution >= 0.6 is 0 Å². The van der Waals surface area contributed by atoms with Crippen molar-refractivity contribution in [3.05, 3.63) is 59.9 Å². The summed E-state index contributed by atoms with van der Waals surface area (Å²) in [5.74, 6) is 0.720. The van der Waals surface area contributed by atoms with Gasteiger partial charge in [0.05, 0.1) is 18.2 Å². The Kier molecular flexibility index (Phi) is 4.99. The van der Waals surface area contributed by atoms with Crippen molar-refractivity contribution in [1.82, 2.24) is 19.7 Å². The van der Waals surface area contributed by atoms with Crippen LogP contribution in [0.25, 0.3) is 22.3 Å². The molecule has 7 nitrogen and oxygen atoms in total. The molecule has 4 rings (SSSR count). The summed E-state index contributed by atoms with van der Waals surface area (Å²) >= 11 is 0. The molecule has 2 heterocycles. The van der Waals surface area contributed by atoms with Gasteiger partial charge in [0.15, 0.2) is 5.65 Å². The smallest absolute Gasteiger partial charge is 0.225 e. The van der Waals surface area contributed by atoms with Crippen molar-refractivity contribution in [3.63, 3.8) is 0 Å². The molecule has 29 heavy (non-hydrogen) atoms. The van der Waals surface area contributed by atoms with Gasteiger partial charge in [-0.05, 0) is 24.1 Å². The van der Waals surface area contributed by atoms with Gasteiger partial charge in [0.1, 0.15) is 17.4 Å². The van der Waals surface area contributed by atoms with E-state index in [2.05, 4.69) is 32.5 Å². The average molecular weight is 392 g/mol. The van der Waals surface area contributed by atoms with Crippen LogP contribution < -0.4 is 15.8 Å². The Bertz CT molecular complexity index is 1160. The predicted molar refractivity (Wildman–Crippen MR) is 111 cm³/mol. The highest BCUT2D eigenvalue weighted by atomic mass is 19.1. The Morgan fingerprint density at radius 1 is 1.14 bits per heavy atom. The van der Waals surface area contributed by atoms with E-state index in [4.69, 9.17) is 10.5 Å². The summed E-state index contributed by atoms with van der Waals surface area (Å²) in [6.07, 6.45) is 0.804. The predicted octanol–water partition coefficient (Wildman–Crippen LogP) is 3.41. The number of hydrogen-bond donors (Lipinski definition) is 2. The summed E-state index contributed by atoms with van der Waals surface area (Å²) in [4.78, 5) is 9.01. The highest BCUT2D eigenvalue weighted by molar-refractivity contribution is 5.99. The van der Waals surface area contributed by atoms with Crippen LogP contribution in [0.15, 0.2) is 48.5 Å². The van der Waals surface area contributed by atoms with Gasteiger partial charge in [-0.25, -0.2) is 9.37 Å². The Morgan fingerprint density at radius 2 is 1.93 bits per heavy atom. The van der Waals surface area contributed by atoms with E-state index in [-0.39, 0.29) is 0 Å². The number of benzene rings is 2. The number of halogens is 1. The average Bonchev–Trinajstić information content (AvgIpc) is 3.02. The van der Waals surface area contributed by atoms with Crippen LogP contribution in [0.3, 0.4) is 0 Å². The zero-order valence-corrected chi connectivity index (χ0v) is 16.2. The number of nitrogens with two attached hydrogens (primary N) is 1. The van der Waals surface area contributed by atoms with E-state index in [1.807, 2.05) is 18.2 Å². The number of aryl methyl sites for hydroxylation is 1. The third-order valence-electron chi connectivity index (χ3n) is 4.71. The summed E-state index contributed by atoms with van der Waals surface area (Å²) in [7, 11) is 3.21. The molecule has 0 fully saturated rings. The molecule has 0 radical (unpaired) electrons. The van der Waals surface area contributed by atoms with E-state index in [0.717, 1.165) is 6.42 Å². The van der Waals surface area contributed by atoms with E-state index in [1.165, 1.54) is 23.4 Å². The molecule has 3 N–H and O–H groups in total. The van der Waals surface area contributed by atoms with E-state index >= 15 is 0 Å². The highest BCUT2D eigenvalue weighted by Crippen LogP contribution is 2.33. The first-order valence-corrected chi connectivity index (χ1v) is 9.18. The van der Waals surface area contributed by atoms with Crippen molar-refractivity contribution in [2.75, 3.05) is 24.7 Å². The molecule has 8 heteroatoms. The number of nitrogens with zero attached hydrogens (tertiary/aromatic N) is 4. The van der Waals surface area contributed by atoms with Crippen molar-refractivity contribution in [1.29, 1.82) is 0 Å². The minimum absolute atomic E-state index is 0.309. The van der Waals surface area contributed by atoms with Gasteiger partial charge >= 0.3 is 0 Å². The fraction of sp³-hybridized carbons (Fsp3) is 0.190. The lowest BCUT2D eigenvalue weighted by atomic mass is 10.1. The number of nitrogens with one attached hydrogen (secondary N) is 1. The first kappa shape index (κ1) is 18.7. The standard InChI is InChI=1S/C21H21FN6O/c1-28-19(23)17-18(15-9-8-14(29-2)12-16(15)22)25-21(26-20(17)27-28)24-11-10-13-6-4-3-5-7-13/h3-9,12H,10-11,23H2,1-2H3,(H,24,26,27). The van der Waals surface area contributed by atoms with Gasteiger partial charge in [0.2, 0.25) is 5.95 Å². The number of aromatic nitrogens is 4. The van der Waals surface area contributed by atoms with Crippen LogP contribution in [0.1, 0.15) is 5.56 Å². The number of ether oxygens (including phenoxy) is 1. The molecule has 0 spiro atoms. The molecule has 0 aliphatic rings. The van der Waals surface area contributed by atoms with E-state index < -0.39 is 5.82 Å². The van der Waals surface area contributed by atoms with Gasteiger partial charge in [0, 0.05) is 25.2 Å². The number of anilines is 2. The number of methoxy groups -OCH3 is 1. The molecule has 148 valence electrons. The molecule has 0 unspecified atom stereocenters. The lowest BCUT2D eigenvalue weighted by molar-refractivity contribution is 0.411. The van der Waals surface area contributed by atoms with E-state index in [9.17, 15) is 4.39 Å². The van der Waals surface area contributed by atoms with Gasteiger partial charge in [-0.2, -0.15) is 10.1 Å². The maximum atomic E-state index is 14.8. The van der Waals surface area contributed by atoms with Gasteiger partial charge in [-0.3, -0.25) is 4.68 Å². The van der Waals surface area contributed by atoms with Crippen LogP contribution in [-0.4, -0.2) is 33.4 Å². The molecule has 0 aliphatic heterocycles. The van der Waals surface area contributed by atoms with Crippen molar-refractivity contribution in [2.24, 2.45) is 7.05 Å². The topological polar surface area (TPSA) is 90.9 Å². The van der Waals surface area contributed by atoms with Crippen molar-refractivity contribution in [2.45, 2.75) is 6.42 Å². The normalized spacial score (nSPS) is 11.0. The lowest BCUT2D eigenvalue weighted by Gasteiger charge is -2.10. The molecule has 0 bridgehead atoms. The molecular weight excluding hydrogens is 371 g/mol. The molecule has 0 saturated carbocycles. The van der Waals surface area contributed by atoms with Gasteiger partial charge < -0.3 is 15.8 Å². The largest absolute Gasteiger partial charge is 0.497 e. The maximum Gasteiger partial charge on any atom is 0.225 e. The minimum Gasteiger partial charge on any atom is -0.497 e. The molecule has 2 aromatic heterocycles. The third kappa shape index (κ3) is 3.69. The van der Waals surface area contributed by atoms with Crippen molar-refractivity contribution >= 4 is 22.8 Å². The van der Waals surface area contributed by atoms with Crippen LogP contribution in [0.4, 0.5) is 16.2 Å². The molecule has 4 aromatic rings. The number of nitrogen functional groups attached to an aromatic ring is 1. The van der Waals surface area contributed by atoms with Crippen LogP contribution in [0.2, 0.25) is 0 Å². The summed E-state index contributed by atoms with van der Waals surface area (Å²) in [5, 5.41) is 8.07. The fourth-order valence-corrected chi connectivity index (χ4v) is 3.17. The highest BCUT2D eigenvalue weighted by Gasteiger charge is 2.19. The van der Waals surface area contributed by atoms with Crippen LogP contribution in [-0.2, 0) is 13.5 Å². The summed E-state index contributed by atoms with van der Waals surface area (Å²) in [6, 6.07) is 14.7. The monoisotopic (exact) mass is 392 g/mol. The first-order chi connectivity index (χ1) is 14.1. The third-order valence-corrected chi connectivity index (χ3v) is 4.71. The molecule has 0 atom stereocenters. The Labute approximate surface area is 167 Å². The summed E-state index contributed by atoms with van der Waals surface area (Å²) < 4.78 is 21.4. The second-order valence-corrected chi connectivity index (χ2v) is 6.61. The van der Waals surface area contributed by atoms with Crippen LogP contribution in [0, 0.1) is 5.82 Å². The number of hydrogen-bond acceptors (Lipinski definition) is 6. The Balaban J connectivity index is 1.72. The van der Waals surface area contributed by atoms with Crippen molar-refractivity contribution in [3.8, 4) is 17.0 Å². The summed E-state index contributed by atoms with van der Waals surface area (Å²) in [5.41, 5.74) is 8.47. The summed E-state index contributed by atoms with van der Waals surface area (Å²) in [6.45, 7) is 0.627. The van der Waals surface area contributed by atoms with Crippen LogP contribution in [0.5, 0.6) is 5.75 Å². The van der Waals surface area contributed by atoms with E-state index in [1.54, 1.807) is 19.2 Å². The number of rotatable bonds is 6. The van der Waals surface area contributed by atoms with Gasteiger partial charge in [-0.15, -0.1) is 0 Å². The van der Waals surface area contributed by atoms with Crippen molar-refractivity contribution < 1.29 is 9.13 Å². The molecule has 2 aromatic carbocycles. The molecule has 0 aliphatic carbocycles. The zero-order chi connectivity index (χ0) is 20.4. The van der Waals surface area contributed by atoms with Gasteiger partial charge in [0.25, 0.3) is 0 Å². The Hall–Kier alpha value is -3.68. The second kappa shape index (κ2) is 7.75. The quantitative estimate of drug-likeness (QED) is 0.523.